The summed E-state index contributed by atoms with van der Waals surface area (Å²) in [6.07, 6.45) is -1.41. The van der Waals surface area contributed by atoms with Crippen molar-refractivity contribution in [2.75, 3.05) is 0 Å². The second kappa shape index (κ2) is 7.09. The molecule has 6 heteroatoms. The van der Waals surface area contributed by atoms with Crippen molar-refractivity contribution in [2.45, 2.75) is 33.3 Å². The molecule has 0 spiro atoms. The van der Waals surface area contributed by atoms with E-state index in [0.29, 0.717) is 5.69 Å². The topological polar surface area (TPSA) is 90.4 Å². The Bertz CT molecular complexity index is 481. The van der Waals surface area contributed by atoms with Gasteiger partial charge in [-0.1, -0.05) is 13.8 Å². The molecule has 1 heterocycles. The number of aryl methyl sites for hydroxylation is 1. The van der Waals surface area contributed by atoms with Crippen LogP contribution in [0.25, 0.3) is 0 Å². The molecule has 0 aliphatic rings. The first-order valence-corrected chi connectivity index (χ1v) is 5.46. The monoisotopic (exact) mass is 263 g/mol. The SMILES string of the molecule is Cc1cc(O)c(C(O)C(=O)CC(C)C)c(=O)[nH]1.[NaH]. The minimum atomic E-state index is -1.57. The molecule has 0 aliphatic heterocycles. The Morgan fingerprint density at radius 2 is 2.00 bits per heavy atom. The van der Waals surface area contributed by atoms with Crippen LogP contribution in [0.1, 0.15) is 37.6 Å². The molecular formula is C12H18NNaO4. The molecule has 0 radical (unpaired) electrons. The van der Waals surface area contributed by atoms with Crippen molar-refractivity contribution in [2.24, 2.45) is 5.92 Å². The number of aromatic nitrogens is 1. The molecule has 1 atom stereocenters. The summed E-state index contributed by atoms with van der Waals surface area (Å²) in [4.78, 5) is 25.6. The zero-order chi connectivity index (χ0) is 13.2. The molecule has 96 valence electrons. The third-order valence-corrected chi connectivity index (χ3v) is 2.37. The van der Waals surface area contributed by atoms with Gasteiger partial charge in [0.25, 0.3) is 5.56 Å². The van der Waals surface area contributed by atoms with Gasteiger partial charge in [0.2, 0.25) is 0 Å². The van der Waals surface area contributed by atoms with E-state index >= 15 is 0 Å². The maximum absolute atomic E-state index is 11.6. The second-order valence-corrected chi connectivity index (χ2v) is 4.55. The van der Waals surface area contributed by atoms with E-state index in [4.69, 9.17) is 0 Å². The zero-order valence-corrected chi connectivity index (χ0v) is 10.2. The number of ketones is 1. The van der Waals surface area contributed by atoms with E-state index in [1.54, 1.807) is 6.92 Å². The van der Waals surface area contributed by atoms with Crippen LogP contribution in [-0.2, 0) is 4.79 Å². The number of H-pyrrole nitrogens is 1. The van der Waals surface area contributed by atoms with E-state index in [2.05, 4.69) is 4.98 Å². The van der Waals surface area contributed by atoms with Crippen LogP contribution in [0.2, 0.25) is 0 Å². The number of carbonyl (C=O) groups excluding carboxylic acids is 1. The minimum absolute atomic E-state index is 0. The number of aliphatic hydroxyl groups is 1. The Hall–Kier alpha value is -0.620. The summed E-state index contributed by atoms with van der Waals surface area (Å²) in [5.74, 6) is -0.732. The number of aliphatic hydroxyl groups excluding tert-OH is 1. The van der Waals surface area contributed by atoms with E-state index in [-0.39, 0.29) is 53.2 Å². The third kappa shape index (κ3) is 4.24. The molecule has 1 rings (SSSR count). The van der Waals surface area contributed by atoms with Crippen LogP contribution in [0.3, 0.4) is 0 Å². The average Bonchev–Trinajstić information content (AvgIpc) is 2.14. The Morgan fingerprint density at radius 1 is 1.44 bits per heavy atom. The van der Waals surface area contributed by atoms with E-state index in [1.165, 1.54) is 6.07 Å². The molecule has 0 aliphatic carbocycles. The first-order valence-electron chi connectivity index (χ1n) is 5.46. The van der Waals surface area contributed by atoms with Crippen molar-refractivity contribution in [1.29, 1.82) is 0 Å². The van der Waals surface area contributed by atoms with E-state index < -0.39 is 17.4 Å². The number of pyridine rings is 1. The predicted octanol–water partition coefficient (Wildman–Crippen LogP) is 0.389. The van der Waals surface area contributed by atoms with Crippen LogP contribution in [0.4, 0.5) is 0 Å². The van der Waals surface area contributed by atoms with Crippen LogP contribution in [-0.4, -0.2) is 50.5 Å². The normalized spacial score (nSPS) is 12.1. The predicted molar refractivity (Wildman–Crippen MR) is 70.0 cm³/mol. The number of rotatable bonds is 4. The molecular weight excluding hydrogens is 245 g/mol. The molecule has 18 heavy (non-hydrogen) atoms. The number of aromatic hydroxyl groups is 1. The summed E-state index contributed by atoms with van der Waals surface area (Å²) < 4.78 is 0. The molecule has 0 fully saturated rings. The van der Waals surface area contributed by atoms with Crippen molar-refractivity contribution in [3.8, 4) is 5.75 Å². The van der Waals surface area contributed by atoms with E-state index in [1.807, 2.05) is 13.8 Å². The zero-order valence-electron chi connectivity index (χ0n) is 10.2. The Balaban J connectivity index is 0.00000289. The quantitative estimate of drug-likeness (QED) is 0.685. The van der Waals surface area contributed by atoms with Crippen molar-refractivity contribution < 1.29 is 15.0 Å². The average molecular weight is 263 g/mol. The summed E-state index contributed by atoms with van der Waals surface area (Å²) in [7, 11) is 0. The van der Waals surface area contributed by atoms with Gasteiger partial charge in [0.15, 0.2) is 5.78 Å². The van der Waals surface area contributed by atoms with Gasteiger partial charge in [0.05, 0.1) is 5.56 Å². The fourth-order valence-corrected chi connectivity index (χ4v) is 1.62. The summed E-state index contributed by atoms with van der Waals surface area (Å²) in [5.41, 5.74) is -0.437. The van der Waals surface area contributed by atoms with Gasteiger partial charge in [-0.2, -0.15) is 0 Å². The van der Waals surface area contributed by atoms with Gasteiger partial charge < -0.3 is 15.2 Å². The summed E-state index contributed by atoms with van der Waals surface area (Å²) in [6.45, 7) is 5.28. The van der Waals surface area contributed by atoms with Crippen LogP contribution in [0.15, 0.2) is 10.9 Å². The number of hydrogen-bond acceptors (Lipinski definition) is 4. The molecule has 1 unspecified atom stereocenters. The number of hydrogen-bond donors (Lipinski definition) is 3. The van der Waals surface area contributed by atoms with Crippen molar-refractivity contribution in [3.63, 3.8) is 0 Å². The molecule has 1 aromatic rings. The first-order chi connectivity index (χ1) is 7.82. The Morgan fingerprint density at radius 3 is 2.44 bits per heavy atom. The van der Waals surface area contributed by atoms with E-state index in [0.717, 1.165) is 0 Å². The summed E-state index contributed by atoms with van der Waals surface area (Å²) in [5, 5.41) is 19.4. The van der Waals surface area contributed by atoms with Crippen LogP contribution >= 0.6 is 0 Å². The van der Waals surface area contributed by atoms with Crippen LogP contribution < -0.4 is 5.56 Å². The Kier molecular flexibility index (Phi) is 6.84. The molecule has 0 saturated heterocycles. The Labute approximate surface area is 128 Å². The fraction of sp³-hybridized carbons (Fsp3) is 0.500. The molecule has 3 N–H and O–H groups in total. The standard InChI is InChI=1S/C12H17NO4.Na.H/c1-6(2)4-9(15)11(16)10-8(14)5-7(3)13-12(10)17;;/h5-6,11,16H,4H2,1-3H3,(H2,13,14,17);;. The van der Waals surface area contributed by atoms with Gasteiger partial charge in [0.1, 0.15) is 11.9 Å². The molecule has 5 nitrogen and oxygen atoms in total. The summed E-state index contributed by atoms with van der Waals surface area (Å²) >= 11 is 0. The molecule has 0 saturated carbocycles. The fourth-order valence-electron chi connectivity index (χ4n) is 1.62. The van der Waals surface area contributed by atoms with Crippen LogP contribution in [0, 0.1) is 12.8 Å². The van der Waals surface area contributed by atoms with Gasteiger partial charge in [-0.05, 0) is 18.9 Å². The molecule has 0 amide bonds. The number of aromatic amines is 1. The van der Waals surface area contributed by atoms with Crippen molar-refractivity contribution >= 4 is 35.3 Å². The van der Waals surface area contributed by atoms with Crippen LogP contribution in [0.5, 0.6) is 5.75 Å². The number of carbonyl (C=O) groups is 1. The van der Waals surface area contributed by atoms with Gasteiger partial charge in [0, 0.05) is 12.1 Å². The number of Topliss-reactive ketones (excluding diaryl/α,β-unsaturated/α-hetero) is 1. The van der Waals surface area contributed by atoms with Gasteiger partial charge >= 0.3 is 29.6 Å². The number of nitrogens with one attached hydrogen (secondary N) is 1. The molecule has 0 bridgehead atoms. The van der Waals surface area contributed by atoms with Crippen molar-refractivity contribution in [3.05, 3.63) is 27.7 Å². The maximum atomic E-state index is 11.6. The van der Waals surface area contributed by atoms with Crippen molar-refractivity contribution in [1.82, 2.24) is 4.98 Å². The first kappa shape index (κ1) is 17.4. The summed E-state index contributed by atoms with van der Waals surface area (Å²) in [6, 6.07) is 1.31. The third-order valence-electron chi connectivity index (χ3n) is 2.37. The van der Waals surface area contributed by atoms with Gasteiger partial charge in [-0.15, -0.1) is 0 Å². The second-order valence-electron chi connectivity index (χ2n) is 4.55. The molecule has 0 aromatic carbocycles. The molecule has 1 aromatic heterocycles. The van der Waals surface area contributed by atoms with Gasteiger partial charge in [-0.25, -0.2) is 0 Å². The van der Waals surface area contributed by atoms with E-state index in [9.17, 15) is 19.8 Å². The van der Waals surface area contributed by atoms with Gasteiger partial charge in [-0.3, -0.25) is 9.59 Å².